The summed E-state index contributed by atoms with van der Waals surface area (Å²) in [6.45, 7) is 4.67. The maximum Gasteiger partial charge on any atom is 0.243 e. The van der Waals surface area contributed by atoms with E-state index in [9.17, 15) is 5.11 Å². The highest BCUT2D eigenvalue weighted by molar-refractivity contribution is 5.47. The van der Waals surface area contributed by atoms with Crippen molar-refractivity contribution in [2.45, 2.75) is 58.9 Å². The van der Waals surface area contributed by atoms with Gasteiger partial charge in [0.1, 0.15) is 5.75 Å². The third kappa shape index (κ3) is 3.28. The van der Waals surface area contributed by atoms with Gasteiger partial charge in [0.25, 0.3) is 0 Å². The Kier molecular flexibility index (Phi) is 4.74. The van der Waals surface area contributed by atoms with Gasteiger partial charge in [-0.15, -0.1) is 5.10 Å². The summed E-state index contributed by atoms with van der Waals surface area (Å²) in [5.41, 5.74) is 5.57. The van der Waals surface area contributed by atoms with E-state index in [-0.39, 0.29) is 0 Å². The van der Waals surface area contributed by atoms with Crippen molar-refractivity contribution in [3.05, 3.63) is 40.2 Å². The van der Waals surface area contributed by atoms with Crippen LogP contribution in [-0.2, 0) is 32.2 Å². The van der Waals surface area contributed by atoms with Crippen molar-refractivity contribution in [3.8, 4) is 5.75 Å². The summed E-state index contributed by atoms with van der Waals surface area (Å²) in [6.07, 6.45) is 6.25. The SMILES string of the molecule is CCc1nnc(NCc2c(O)ccc3c2CCCC3)nc1CC. The van der Waals surface area contributed by atoms with Crippen LogP contribution >= 0.6 is 0 Å². The van der Waals surface area contributed by atoms with Crippen molar-refractivity contribution >= 4 is 5.95 Å². The molecular weight excluding hydrogens is 288 g/mol. The lowest BCUT2D eigenvalue weighted by atomic mass is 9.88. The summed E-state index contributed by atoms with van der Waals surface area (Å²) in [6, 6.07) is 3.86. The molecule has 3 rings (SSSR count). The Morgan fingerprint density at radius 3 is 2.61 bits per heavy atom. The summed E-state index contributed by atoms with van der Waals surface area (Å²) in [5, 5.41) is 21.9. The molecular formula is C18H24N4O. The number of hydrogen-bond donors (Lipinski definition) is 2. The molecule has 0 aliphatic heterocycles. The van der Waals surface area contributed by atoms with Crippen molar-refractivity contribution in [1.29, 1.82) is 0 Å². The number of aromatic hydroxyl groups is 1. The largest absolute Gasteiger partial charge is 0.508 e. The number of anilines is 1. The van der Waals surface area contributed by atoms with Gasteiger partial charge in [-0.2, -0.15) is 5.10 Å². The molecule has 1 aromatic heterocycles. The number of aryl methyl sites for hydroxylation is 3. The zero-order chi connectivity index (χ0) is 16.2. The highest BCUT2D eigenvalue weighted by Gasteiger charge is 2.16. The molecule has 1 heterocycles. The number of fused-ring (bicyclic) bond motifs is 1. The summed E-state index contributed by atoms with van der Waals surface area (Å²) >= 11 is 0. The van der Waals surface area contributed by atoms with Crippen LogP contribution in [0, 0.1) is 0 Å². The van der Waals surface area contributed by atoms with E-state index in [1.165, 1.54) is 24.0 Å². The quantitative estimate of drug-likeness (QED) is 0.887. The number of benzene rings is 1. The summed E-state index contributed by atoms with van der Waals surface area (Å²) in [7, 11) is 0. The molecule has 0 spiro atoms. The van der Waals surface area contributed by atoms with Crippen molar-refractivity contribution in [2.75, 3.05) is 5.32 Å². The maximum absolute atomic E-state index is 10.2. The van der Waals surface area contributed by atoms with Crippen LogP contribution in [0.1, 0.15) is 54.8 Å². The van der Waals surface area contributed by atoms with Crippen LogP contribution in [0.4, 0.5) is 5.95 Å². The van der Waals surface area contributed by atoms with Gasteiger partial charge in [-0.1, -0.05) is 19.9 Å². The van der Waals surface area contributed by atoms with E-state index >= 15 is 0 Å². The standard InChI is InChI=1S/C18H24N4O/c1-3-15-16(4-2)21-22-18(20-15)19-11-14-13-8-6-5-7-12(13)9-10-17(14)23/h9-10,23H,3-8,11H2,1-2H3,(H,19,20,22). The molecule has 0 amide bonds. The normalized spacial score (nSPS) is 13.7. The Bertz CT molecular complexity index is 700. The van der Waals surface area contributed by atoms with Gasteiger partial charge in [0, 0.05) is 12.1 Å². The first kappa shape index (κ1) is 15.7. The molecule has 5 nitrogen and oxygen atoms in total. The highest BCUT2D eigenvalue weighted by Crippen LogP contribution is 2.30. The minimum atomic E-state index is 0.354. The molecule has 1 aliphatic rings. The molecule has 0 radical (unpaired) electrons. The molecule has 0 saturated carbocycles. The topological polar surface area (TPSA) is 70.9 Å². The Morgan fingerprint density at radius 1 is 1.04 bits per heavy atom. The van der Waals surface area contributed by atoms with Crippen molar-refractivity contribution < 1.29 is 5.11 Å². The smallest absolute Gasteiger partial charge is 0.243 e. The second kappa shape index (κ2) is 6.94. The number of aromatic nitrogens is 3. The molecule has 5 heteroatoms. The predicted molar refractivity (Wildman–Crippen MR) is 90.7 cm³/mol. The zero-order valence-electron chi connectivity index (χ0n) is 13.9. The number of phenolic OH excluding ortho intramolecular Hbond substituents is 1. The second-order valence-electron chi connectivity index (χ2n) is 6.00. The van der Waals surface area contributed by atoms with Crippen LogP contribution in [0.3, 0.4) is 0 Å². The second-order valence-corrected chi connectivity index (χ2v) is 6.00. The third-order valence-corrected chi connectivity index (χ3v) is 4.56. The van der Waals surface area contributed by atoms with Crippen molar-refractivity contribution in [3.63, 3.8) is 0 Å². The van der Waals surface area contributed by atoms with Gasteiger partial charge in [-0.3, -0.25) is 0 Å². The average molecular weight is 312 g/mol. The van der Waals surface area contributed by atoms with Crippen LogP contribution in [0.5, 0.6) is 5.75 Å². The van der Waals surface area contributed by atoms with Crippen molar-refractivity contribution in [1.82, 2.24) is 15.2 Å². The molecule has 0 atom stereocenters. The van der Waals surface area contributed by atoms with E-state index in [2.05, 4.69) is 40.4 Å². The van der Waals surface area contributed by atoms with Gasteiger partial charge in [0.2, 0.25) is 5.95 Å². The lowest BCUT2D eigenvalue weighted by Crippen LogP contribution is -2.13. The third-order valence-electron chi connectivity index (χ3n) is 4.56. The van der Waals surface area contributed by atoms with Crippen LogP contribution in [0.15, 0.2) is 12.1 Å². The molecule has 0 unspecified atom stereocenters. The summed E-state index contributed by atoms with van der Waals surface area (Å²) in [5.74, 6) is 0.888. The molecule has 122 valence electrons. The number of nitrogens with zero attached hydrogens (tertiary/aromatic N) is 3. The van der Waals surface area contributed by atoms with E-state index in [0.29, 0.717) is 18.2 Å². The van der Waals surface area contributed by atoms with Crippen LogP contribution in [0.2, 0.25) is 0 Å². The molecule has 2 aromatic rings. The van der Waals surface area contributed by atoms with Crippen LogP contribution < -0.4 is 5.32 Å². The highest BCUT2D eigenvalue weighted by atomic mass is 16.3. The Morgan fingerprint density at radius 2 is 1.83 bits per heavy atom. The number of phenols is 1. The molecule has 0 saturated heterocycles. The first-order valence-corrected chi connectivity index (χ1v) is 8.51. The molecule has 23 heavy (non-hydrogen) atoms. The lowest BCUT2D eigenvalue weighted by Gasteiger charge is -2.20. The number of hydrogen-bond acceptors (Lipinski definition) is 5. The number of nitrogens with one attached hydrogen (secondary N) is 1. The van der Waals surface area contributed by atoms with E-state index in [0.717, 1.165) is 42.6 Å². The van der Waals surface area contributed by atoms with Gasteiger partial charge >= 0.3 is 0 Å². The van der Waals surface area contributed by atoms with E-state index < -0.39 is 0 Å². The molecule has 1 aliphatic carbocycles. The number of rotatable bonds is 5. The van der Waals surface area contributed by atoms with Gasteiger partial charge in [0.05, 0.1) is 11.4 Å². The van der Waals surface area contributed by atoms with E-state index in [4.69, 9.17) is 0 Å². The Hall–Kier alpha value is -2.17. The van der Waals surface area contributed by atoms with Crippen LogP contribution in [-0.4, -0.2) is 20.3 Å². The van der Waals surface area contributed by atoms with Crippen LogP contribution in [0.25, 0.3) is 0 Å². The van der Waals surface area contributed by atoms with Crippen molar-refractivity contribution in [2.24, 2.45) is 0 Å². The summed E-state index contributed by atoms with van der Waals surface area (Å²) in [4.78, 5) is 4.55. The van der Waals surface area contributed by atoms with E-state index in [1.807, 2.05) is 0 Å². The summed E-state index contributed by atoms with van der Waals surface area (Å²) < 4.78 is 0. The zero-order valence-corrected chi connectivity index (χ0v) is 13.9. The Balaban J connectivity index is 1.81. The van der Waals surface area contributed by atoms with Gasteiger partial charge < -0.3 is 10.4 Å². The molecule has 0 bridgehead atoms. The van der Waals surface area contributed by atoms with Gasteiger partial charge in [-0.25, -0.2) is 4.98 Å². The fourth-order valence-electron chi connectivity index (χ4n) is 3.27. The monoisotopic (exact) mass is 312 g/mol. The maximum atomic E-state index is 10.2. The molecule has 0 fully saturated rings. The first-order chi connectivity index (χ1) is 11.2. The van der Waals surface area contributed by atoms with Gasteiger partial charge in [0.15, 0.2) is 0 Å². The molecule has 2 N–H and O–H groups in total. The molecule has 1 aromatic carbocycles. The minimum absolute atomic E-state index is 0.354. The van der Waals surface area contributed by atoms with E-state index in [1.54, 1.807) is 6.07 Å². The van der Waals surface area contributed by atoms with Gasteiger partial charge in [-0.05, 0) is 55.7 Å². The lowest BCUT2D eigenvalue weighted by molar-refractivity contribution is 0.466. The first-order valence-electron chi connectivity index (χ1n) is 8.51. The minimum Gasteiger partial charge on any atom is -0.508 e. The predicted octanol–water partition coefficient (Wildman–Crippen LogP) is 3.19. The fourth-order valence-corrected chi connectivity index (χ4v) is 3.27. The fraction of sp³-hybridized carbons (Fsp3) is 0.500. The Labute approximate surface area is 137 Å². The average Bonchev–Trinajstić information content (AvgIpc) is 2.60.